The third-order valence-electron chi connectivity index (χ3n) is 4.15. The summed E-state index contributed by atoms with van der Waals surface area (Å²) in [5, 5.41) is 12.5. The molecule has 2 aromatic rings. The van der Waals surface area contributed by atoms with Crippen LogP contribution in [-0.4, -0.2) is 20.7 Å². The zero-order valence-corrected chi connectivity index (χ0v) is 15.0. The normalized spacial score (nSPS) is 22.4. The van der Waals surface area contributed by atoms with Gasteiger partial charge in [-0.1, -0.05) is 0 Å². The van der Waals surface area contributed by atoms with Crippen LogP contribution in [0.15, 0.2) is 47.4 Å². The Morgan fingerprint density at radius 2 is 1.74 bits per heavy atom. The Hall–Kier alpha value is -2.58. The van der Waals surface area contributed by atoms with Gasteiger partial charge in [-0.2, -0.15) is 9.98 Å². The van der Waals surface area contributed by atoms with Gasteiger partial charge in [0.2, 0.25) is 10.0 Å². The molecule has 0 spiro atoms. The average molecular weight is 393 g/mol. The van der Waals surface area contributed by atoms with Crippen molar-refractivity contribution in [3.05, 3.63) is 59.7 Å². The van der Waals surface area contributed by atoms with Gasteiger partial charge in [0.05, 0.1) is 11.0 Å². The first-order chi connectivity index (χ1) is 12.8. The van der Waals surface area contributed by atoms with Crippen LogP contribution in [0.2, 0.25) is 0 Å². The number of hydrogen-bond acceptors (Lipinski definition) is 6. The summed E-state index contributed by atoms with van der Waals surface area (Å²) in [6, 6.07) is 10.8. The van der Waals surface area contributed by atoms with Crippen molar-refractivity contribution in [3.63, 3.8) is 0 Å². The van der Waals surface area contributed by atoms with Gasteiger partial charge in [-0.15, -0.1) is 0 Å². The quantitative estimate of drug-likeness (QED) is 0.614. The van der Waals surface area contributed by atoms with Crippen molar-refractivity contribution in [2.45, 2.75) is 24.2 Å². The molecule has 1 aliphatic rings. The Kier molecular flexibility index (Phi) is 5.38. The van der Waals surface area contributed by atoms with E-state index in [0.717, 1.165) is 24.3 Å². The second-order valence-electron chi connectivity index (χ2n) is 6.08. The van der Waals surface area contributed by atoms with Gasteiger partial charge >= 0.3 is 0 Å². The summed E-state index contributed by atoms with van der Waals surface area (Å²) in [6.07, 6.45) is -1.55. The number of anilines is 1. The number of nitrogens with one attached hydrogen (secondary N) is 4. The fourth-order valence-electron chi connectivity index (χ4n) is 2.69. The maximum atomic E-state index is 13.4. The van der Waals surface area contributed by atoms with Gasteiger partial charge in [-0.3, -0.25) is 0 Å². The van der Waals surface area contributed by atoms with Crippen LogP contribution in [0.4, 0.5) is 14.5 Å². The van der Waals surface area contributed by atoms with Gasteiger partial charge in [0.15, 0.2) is 0 Å². The molecular formula is C17H17F2N5O2S. The van der Waals surface area contributed by atoms with Crippen LogP contribution in [0, 0.1) is 35.8 Å². The number of nitrogens with zero attached hydrogens (tertiary/aromatic N) is 1. The SMILES string of the molecule is Cc1cc(NC2NNC(NS(=O)(=O)c3ccc(F)cc3)C2C#N)ccc1F. The Bertz CT molecular complexity index is 976. The summed E-state index contributed by atoms with van der Waals surface area (Å²) in [5.74, 6) is -1.71. The zero-order chi connectivity index (χ0) is 19.6. The van der Waals surface area contributed by atoms with Crippen molar-refractivity contribution < 1.29 is 17.2 Å². The molecule has 3 atom stereocenters. The highest BCUT2D eigenvalue weighted by atomic mass is 32.2. The highest BCUT2D eigenvalue weighted by molar-refractivity contribution is 7.89. The molecule has 10 heteroatoms. The fraction of sp³-hybridized carbons (Fsp3) is 0.235. The molecule has 0 bridgehead atoms. The minimum absolute atomic E-state index is 0.118. The van der Waals surface area contributed by atoms with E-state index in [1.54, 1.807) is 13.0 Å². The molecule has 2 aromatic carbocycles. The molecule has 27 heavy (non-hydrogen) atoms. The monoisotopic (exact) mass is 393 g/mol. The molecule has 0 saturated carbocycles. The number of hydrogen-bond donors (Lipinski definition) is 4. The van der Waals surface area contributed by atoms with Crippen LogP contribution in [0.25, 0.3) is 0 Å². The Balaban J connectivity index is 1.73. The Morgan fingerprint density at radius 1 is 1.07 bits per heavy atom. The number of rotatable bonds is 5. The molecule has 3 rings (SSSR count). The zero-order valence-electron chi connectivity index (χ0n) is 14.2. The third-order valence-corrected chi connectivity index (χ3v) is 5.60. The highest BCUT2D eigenvalue weighted by Crippen LogP contribution is 2.20. The van der Waals surface area contributed by atoms with Gasteiger partial charge in [-0.25, -0.2) is 28.1 Å². The first-order valence-electron chi connectivity index (χ1n) is 8.01. The van der Waals surface area contributed by atoms with Crippen molar-refractivity contribution in [1.82, 2.24) is 15.6 Å². The fourth-order valence-corrected chi connectivity index (χ4v) is 3.86. The summed E-state index contributed by atoms with van der Waals surface area (Å²) in [4.78, 5) is -0.118. The van der Waals surface area contributed by atoms with E-state index in [4.69, 9.17) is 0 Å². The van der Waals surface area contributed by atoms with Crippen LogP contribution >= 0.6 is 0 Å². The van der Waals surface area contributed by atoms with E-state index >= 15 is 0 Å². The first-order valence-corrected chi connectivity index (χ1v) is 9.50. The van der Waals surface area contributed by atoms with Crippen LogP contribution < -0.4 is 20.9 Å². The average Bonchev–Trinajstić information content (AvgIpc) is 2.99. The van der Waals surface area contributed by atoms with Crippen LogP contribution in [0.5, 0.6) is 0 Å². The third kappa shape index (κ3) is 4.23. The van der Waals surface area contributed by atoms with Crippen molar-refractivity contribution in [2.24, 2.45) is 5.92 Å². The lowest BCUT2D eigenvalue weighted by atomic mass is 10.1. The first kappa shape index (κ1) is 19.2. The number of benzene rings is 2. The standard InChI is InChI=1S/C17H17F2N5O2S/c1-10-8-12(4-7-15(10)19)21-16-14(9-20)17(23-22-16)24-27(25,26)13-5-2-11(18)3-6-13/h2-8,14,16-17,21-24H,1H3. The van der Waals surface area contributed by atoms with Crippen molar-refractivity contribution in [3.8, 4) is 6.07 Å². The van der Waals surface area contributed by atoms with E-state index in [9.17, 15) is 22.5 Å². The smallest absolute Gasteiger partial charge is 0.241 e. The largest absolute Gasteiger partial charge is 0.368 e. The Morgan fingerprint density at radius 3 is 2.37 bits per heavy atom. The molecule has 0 aliphatic carbocycles. The van der Waals surface area contributed by atoms with Gasteiger partial charge in [0.25, 0.3) is 0 Å². The minimum Gasteiger partial charge on any atom is -0.368 e. The molecule has 3 unspecified atom stereocenters. The second kappa shape index (κ2) is 7.58. The topological polar surface area (TPSA) is 106 Å². The lowest BCUT2D eigenvalue weighted by molar-refractivity contribution is 0.474. The predicted octanol–water partition coefficient (Wildman–Crippen LogP) is 1.56. The molecule has 142 valence electrons. The molecular weight excluding hydrogens is 376 g/mol. The van der Waals surface area contributed by atoms with Gasteiger partial charge in [0, 0.05) is 5.69 Å². The molecule has 1 fully saturated rings. The van der Waals surface area contributed by atoms with E-state index in [1.165, 1.54) is 12.1 Å². The van der Waals surface area contributed by atoms with E-state index in [1.807, 2.05) is 6.07 Å². The molecule has 1 aliphatic heterocycles. The molecule has 7 nitrogen and oxygen atoms in total. The number of hydrazine groups is 1. The number of nitriles is 1. The highest BCUT2D eigenvalue weighted by Gasteiger charge is 2.38. The van der Waals surface area contributed by atoms with Crippen LogP contribution in [-0.2, 0) is 10.0 Å². The summed E-state index contributed by atoms with van der Waals surface area (Å²) in [5.41, 5.74) is 6.54. The van der Waals surface area contributed by atoms with Crippen LogP contribution in [0.3, 0.4) is 0 Å². The molecule has 0 radical (unpaired) electrons. The van der Waals surface area contributed by atoms with E-state index in [0.29, 0.717) is 11.3 Å². The van der Waals surface area contributed by atoms with Crippen molar-refractivity contribution in [2.75, 3.05) is 5.32 Å². The van der Waals surface area contributed by atoms with E-state index < -0.39 is 34.1 Å². The molecule has 1 heterocycles. The van der Waals surface area contributed by atoms with Crippen molar-refractivity contribution in [1.29, 1.82) is 5.26 Å². The maximum absolute atomic E-state index is 13.4. The van der Waals surface area contributed by atoms with Gasteiger partial charge < -0.3 is 5.32 Å². The summed E-state index contributed by atoms with van der Waals surface area (Å²) >= 11 is 0. The second-order valence-corrected chi connectivity index (χ2v) is 7.80. The molecule has 4 N–H and O–H groups in total. The van der Waals surface area contributed by atoms with E-state index in [2.05, 4.69) is 20.9 Å². The lowest BCUT2D eigenvalue weighted by Crippen LogP contribution is -2.46. The number of halogens is 2. The predicted molar refractivity (Wildman–Crippen MR) is 94.4 cm³/mol. The number of sulfonamides is 1. The van der Waals surface area contributed by atoms with Crippen molar-refractivity contribution >= 4 is 15.7 Å². The summed E-state index contributed by atoms with van der Waals surface area (Å²) in [7, 11) is -3.96. The minimum atomic E-state index is -3.96. The van der Waals surface area contributed by atoms with Gasteiger partial charge in [0.1, 0.15) is 29.9 Å². The lowest BCUT2D eigenvalue weighted by Gasteiger charge is -2.19. The molecule has 1 saturated heterocycles. The molecule has 0 amide bonds. The Labute approximate surface area is 155 Å². The molecule has 0 aromatic heterocycles. The maximum Gasteiger partial charge on any atom is 0.241 e. The van der Waals surface area contributed by atoms with Gasteiger partial charge in [-0.05, 0) is 55.0 Å². The van der Waals surface area contributed by atoms with Crippen LogP contribution in [0.1, 0.15) is 5.56 Å². The summed E-state index contributed by atoms with van der Waals surface area (Å²) in [6.45, 7) is 1.61. The summed E-state index contributed by atoms with van der Waals surface area (Å²) < 4.78 is 53.6. The number of aryl methyl sites for hydroxylation is 1. The van der Waals surface area contributed by atoms with E-state index in [-0.39, 0.29) is 10.7 Å².